The smallest absolute Gasteiger partial charge is 0.0554 e. The average molecular weight is 255 g/mol. The molecule has 0 aliphatic heterocycles. The Bertz CT molecular complexity index is 275. The van der Waals surface area contributed by atoms with E-state index in [1.54, 1.807) is 0 Å². The van der Waals surface area contributed by atoms with Gasteiger partial charge in [-0.15, -0.1) is 0 Å². The highest BCUT2D eigenvalue weighted by molar-refractivity contribution is 9.08. The number of hydrogen-bond acceptors (Lipinski definition) is 0. The van der Waals surface area contributed by atoms with Crippen molar-refractivity contribution in [2.24, 2.45) is 0 Å². The van der Waals surface area contributed by atoms with Crippen molar-refractivity contribution in [2.75, 3.05) is 0 Å². The van der Waals surface area contributed by atoms with E-state index >= 15 is 0 Å². The highest BCUT2D eigenvalue weighted by Gasteiger charge is 1.90. The minimum atomic E-state index is -0.550. The zero-order valence-electron chi connectivity index (χ0n) is 8.13. The van der Waals surface area contributed by atoms with Gasteiger partial charge < -0.3 is 0 Å². The van der Waals surface area contributed by atoms with Gasteiger partial charge in [0.15, 0.2) is 0 Å². The van der Waals surface area contributed by atoms with E-state index in [9.17, 15) is 0 Å². The summed E-state index contributed by atoms with van der Waals surface area (Å²) < 4.78 is 0. The van der Waals surface area contributed by atoms with Crippen molar-refractivity contribution < 1.29 is 0 Å². The van der Waals surface area contributed by atoms with Crippen LogP contribution in [0.2, 0.25) is 13.1 Å². The van der Waals surface area contributed by atoms with Gasteiger partial charge >= 0.3 is 0 Å². The van der Waals surface area contributed by atoms with Crippen LogP contribution in [-0.4, -0.2) is 8.80 Å². The molecular weight excluding hydrogens is 240 g/mol. The maximum absolute atomic E-state index is 3.43. The Hall–Kier alpha value is -0.343. The molecule has 0 radical (unpaired) electrons. The van der Waals surface area contributed by atoms with Gasteiger partial charge in [-0.1, -0.05) is 65.1 Å². The topological polar surface area (TPSA) is 0 Å². The lowest BCUT2D eigenvalue weighted by Crippen LogP contribution is -1.91. The lowest BCUT2D eigenvalue weighted by atomic mass is 10.1. The molecule has 0 saturated carbocycles. The lowest BCUT2D eigenvalue weighted by molar-refractivity contribution is 1.43. The first kappa shape index (κ1) is 10.7. The maximum Gasteiger partial charge on any atom is 0.0554 e. The number of alkyl halides is 1. The lowest BCUT2D eigenvalue weighted by Gasteiger charge is -1.97. The Morgan fingerprint density at radius 3 is 2.31 bits per heavy atom. The fraction of sp³-hybridized carbons (Fsp3) is 0.273. The Labute approximate surface area is 90.4 Å². The molecule has 0 aliphatic carbocycles. The van der Waals surface area contributed by atoms with Crippen LogP contribution in [0.5, 0.6) is 0 Å². The Balaban J connectivity index is 2.69. The summed E-state index contributed by atoms with van der Waals surface area (Å²) in [5, 5.41) is 0.940. The molecule has 0 amide bonds. The summed E-state index contributed by atoms with van der Waals surface area (Å²) in [6.07, 6.45) is 2.23. The quantitative estimate of drug-likeness (QED) is 0.571. The molecule has 0 aliphatic rings. The van der Waals surface area contributed by atoms with Gasteiger partial charge in [0, 0.05) is 5.33 Å². The van der Waals surface area contributed by atoms with E-state index in [2.05, 4.69) is 65.1 Å². The van der Waals surface area contributed by atoms with Crippen LogP contribution in [0.3, 0.4) is 0 Å². The molecule has 0 spiro atoms. The van der Waals surface area contributed by atoms with Crippen LogP contribution in [0.1, 0.15) is 11.1 Å². The number of hydrogen-bond donors (Lipinski definition) is 0. The first-order valence-electron chi connectivity index (χ1n) is 4.55. The standard InChI is InChI=1S/C11H15BrSi/c1-13(2)8-7-10-3-5-11(9-12)6-4-10/h3-8,13H,9H2,1-2H3. The summed E-state index contributed by atoms with van der Waals surface area (Å²) >= 11 is 3.43. The summed E-state index contributed by atoms with van der Waals surface area (Å²) in [5.74, 6) is 0. The first-order chi connectivity index (χ1) is 6.22. The van der Waals surface area contributed by atoms with Gasteiger partial charge in [0.1, 0.15) is 0 Å². The van der Waals surface area contributed by atoms with Crippen molar-refractivity contribution in [1.29, 1.82) is 0 Å². The summed E-state index contributed by atoms with van der Waals surface area (Å²) in [7, 11) is -0.550. The summed E-state index contributed by atoms with van der Waals surface area (Å²) in [5.41, 5.74) is 4.99. The number of benzene rings is 1. The van der Waals surface area contributed by atoms with E-state index in [1.165, 1.54) is 11.1 Å². The molecule has 0 bridgehead atoms. The predicted octanol–water partition coefficient (Wildman–Crippen LogP) is 3.62. The fourth-order valence-electron chi connectivity index (χ4n) is 1.02. The van der Waals surface area contributed by atoms with Gasteiger partial charge in [0.05, 0.1) is 8.80 Å². The Morgan fingerprint density at radius 1 is 1.23 bits per heavy atom. The molecule has 0 aromatic heterocycles. The number of halogens is 1. The molecule has 0 N–H and O–H groups in total. The van der Waals surface area contributed by atoms with Crippen LogP contribution in [0.25, 0.3) is 6.08 Å². The molecule has 0 unspecified atom stereocenters. The van der Waals surface area contributed by atoms with Crippen LogP contribution in [0, 0.1) is 0 Å². The maximum atomic E-state index is 3.43. The molecule has 1 rings (SSSR count). The van der Waals surface area contributed by atoms with Gasteiger partial charge in [-0.3, -0.25) is 0 Å². The van der Waals surface area contributed by atoms with Gasteiger partial charge in [0.25, 0.3) is 0 Å². The van der Waals surface area contributed by atoms with E-state index in [-0.39, 0.29) is 0 Å². The zero-order chi connectivity index (χ0) is 9.68. The second kappa shape index (κ2) is 5.40. The van der Waals surface area contributed by atoms with Gasteiger partial charge in [-0.05, 0) is 11.1 Å². The van der Waals surface area contributed by atoms with Crippen molar-refractivity contribution in [2.45, 2.75) is 18.4 Å². The van der Waals surface area contributed by atoms with Gasteiger partial charge in [0.2, 0.25) is 0 Å². The molecule has 13 heavy (non-hydrogen) atoms. The second-order valence-electron chi connectivity index (χ2n) is 3.48. The molecule has 0 fully saturated rings. The van der Waals surface area contributed by atoms with Crippen molar-refractivity contribution in [3.8, 4) is 0 Å². The SMILES string of the molecule is C[SiH](C)C=Cc1ccc(CBr)cc1. The summed E-state index contributed by atoms with van der Waals surface area (Å²) in [6.45, 7) is 4.65. The molecule has 1 aromatic rings. The van der Waals surface area contributed by atoms with Gasteiger partial charge in [-0.2, -0.15) is 0 Å². The third kappa shape index (κ3) is 3.92. The monoisotopic (exact) mass is 254 g/mol. The fourth-order valence-corrected chi connectivity index (χ4v) is 2.00. The molecule has 0 atom stereocenters. The van der Waals surface area contributed by atoms with Crippen LogP contribution in [0.15, 0.2) is 30.0 Å². The van der Waals surface area contributed by atoms with E-state index in [0.717, 1.165) is 5.33 Å². The van der Waals surface area contributed by atoms with E-state index in [0.29, 0.717) is 0 Å². The molecule has 0 saturated heterocycles. The van der Waals surface area contributed by atoms with Crippen LogP contribution >= 0.6 is 15.9 Å². The van der Waals surface area contributed by atoms with E-state index in [4.69, 9.17) is 0 Å². The van der Waals surface area contributed by atoms with Crippen LogP contribution < -0.4 is 0 Å². The molecule has 0 heterocycles. The molecular formula is C11H15BrSi. The summed E-state index contributed by atoms with van der Waals surface area (Å²) in [6, 6.07) is 8.67. The van der Waals surface area contributed by atoms with Gasteiger partial charge in [-0.25, -0.2) is 0 Å². The average Bonchev–Trinajstić information content (AvgIpc) is 2.15. The highest BCUT2D eigenvalue weighted by atomic mass is 79.9. The third-order valence-corrected chi connectivity index (χ3v) is 3.42. The first-order valence-corrected chi connectivity index (χ1v) is 8.65. The second-order valence-corrected chi connectivity index (χ2v) is 6.91. The largest absolute Gasteiger partial charge is 0.0976 e. The minimum Gasteiger partial charge on any atom is -0.0976 e. The Morgan fingerprint density at radius 2 is 1.85 bits per heavy atom. The van der Waals surface area contributed by atoms with Crippen molar-refractivity contribution >= 4 is 30.8 Å². The van der Waals surface area contributed by atoms with Crippen molar-refractivity contribution in [1.82, 2.24) is 0 Å². The highest BCUT2D eigenvalue weighted by Crippen LogP contribution is 2.09. The molecule has 70 valence electrons. The number of rotatable bonds is 3. The Kier molecular flexibility index (Phi) is 4.46. The van der Waals surface area contributed by atoms with Crippen molar-refractivity contribution in [3.05, 3.63) is 41.1 Å². The zero-order valence-corrected chi connectivity index (χ0v) is 10.9. The van der Waals surface area contributed by atoms with Crippen molar-refractivity contribution in [3.63, 3.8) is 0 Å². The van der Waals surface area contributed by atoms with E-state index in [1.807, 2.05) is 0 Å². The normalized spacial score (nSPS) is 11.4. The predicted molar refractivity (Wildman–Crippen MR) is 67.0 cm³/mol. The molecule has 2 heteroatoms. The summed E-state index contributed by atoms with van der Waals surface area (Å²) in [4.78, 5) is 0. The van der Waals surface area contributed by atoms with Crippen LogP contribution in [-0.2, 0) is 5.33 Å². The molecule has 0 nitrogen and oxygen atoms in total. The minimum absolute atomic E-state index is 0.550. The van der Waals surface area contributed by atoms with Crippen LogP contribution in [0.4, 0.5) is 0 Å². The molecule has 1 aromatic carbocycles. The van der Waals surface area contributed by atoms with E-state index < -0.39 is 8.80 Å². The third-order valence-electron chi connectivity index (χ3n) is 1.81.